The van der Waals surface area contributed by atoms with Crippen molar-refractivity contribution >= 4 is 11.8 Å². The van der Waals surface area contributed by atoms with Gasteiger partial charge >= 0.3 is 0 Å². The van der Waals surface area contributed by atoms with Crippen molar-refractivity contribution in [2.75, 3.05) is 13.1 Å². The van der Waals surface area contributed by atoms with Gasteiger partial charge in [-0.05, 0) is 36.2 Å². The smallest absolute Gasteiger partial charge is 0.251 e. The van der Waals surface area contributed by atoms with E-state index < -0.39 is 0 Å². The summed E-state index contributed by atoms with van der Waals surface area (Å²) in [7, 11) is 0. The van der Waals surface area contributed by atoms with Gasteiger partial charge in [0.2, 0.25) is 5.91 Å². The molecule has 0 spiro atoms. The van der Waals surface area contributed by atoms with Crippen molar-refractivity contribution in [3.8, 4) is 5.69 Å². The Morgan fingerprint density at radius 1 is 1.11 bits per heavy atom. The number of hydrogen-bond acceptors (Lipinski definition) is 4. The van der Waals surface area contributed by atoms with Crippen molar-refractivity contribution in [3.05, 3.63) is 78.4 Å². The molecule has 1 aliphatic rings. The molecule has 0 aliphatic carbocycles. The lowest BCUT2D eigenvalue weighted by molar-refractivity contribution is -0.128. The first-order valence-corrected chi connectivity index (χ1v) is 9.29. The summed E-state index contributed by atoms with van der Waals surface area (Å²) in [5.41, 5.74) is 2.36. The standard InChI is InChI=1S/C21H21N5O2/c27-20-7-4-12-25(20)13-19(16-5-2-1-3-6-16)24-21(28)17-8-10-18(11-9-17)26-15-22-14-23-26/h1-3,5-6,8-11,14-15,19H,4,7,12-13H2,(H,24,28)/t19-/m1/s1. The van der Waals surface area contributed by atoms with Gasteiger partial charge in [0.05, 0.1) is 11.7 Å². The van der Waals surface area contributed by atoms with Crippen LogP contribution in [0.5, 0.6) is 0 Å². The normalized spacial score (nSPS) is 14.9. The molecule has 1 saturated heterocycles. The van der Waals surface area contributed by atoms with Crippen LogP contribution in [0.2, 0.25) is 0 Å². The number of benzene rings is 2. The number of aromatic nitrogens is 3. The third-order valence-corrected chi connectivity index (χ3v) is 4.89. The first kappa shape index (κ1) is 17.9. The van der Waals surface area contributed by atoms with Gasteiger partial charge in [-0.2, -0.15) is 5.10 Å². The van der Waals surface area contributed by atoms with Gasteiger partial charge < -0.3 is 10.2 Å². The van der Waals surface area contributed by atoms with Crippen LogP contribution in [-0.4, -0.2) is 44.6 Å². The molecule has 3 aromatic rings. The second-order valence-electron chi connectivity index (χ2n) is 6.77. The minimum absolute atomic E-state index is 0.146. The van der Waals surface area contributed by atoms with E-state index in [0.29, 0.717) is 18.5 Å². The lowest BCUT2D eigenvalue weighted by Gasteiger charge is -2.25. The van der Waals surface area contributed by atoms with E-state index in [4.69, 9.17) is 0 Å². The van der Waals surface area contributed by atoms with Crippen LogP contribution < -0.4 is 5.32 Å². The summed E-state index contributed by atoms with van der Waals surface area (Å²) < 4.78 is 1.63. The molecule has 2 aromatic carbocycles. The van der Waals surface area contributed by atoms with Gasteiger partial charge in [-0.25, -0.2) is 9.67 Å². The van der Waals surface area contributed by atoms with Crippen LogP contribution in [0.25, 0.3) is 5.69 Å². The topological polar surface area (TPSA) is 80.1 Å². The number of carbonyl (C=O) groups is 2. The molecule has 28 heavy (non-hydrogen) atoms. The second kappa shape index (κ2) is 8.04. The van der Waals surface area contributed by atoms with Crippen LogP contribution >= 0.6 is 0 Å². The fourth-order valence-electron chi connectivity index (χ4n) is 3.39. The lowest BCUT2D eigenvalue weighted by atomic mass is 10.1. The maximum atomic E-state index is 12.8. The Kier molecular flexibility index (Phi) is 5.14. The fourth-order valence-corrected chi connectivity index (χ4v) is 3.39. The van der Waals surface area contributed by atoms with Gasteiger partial charge in [0.15, 0.2) is 0 Å². The molecule has 142 valence electrons. The third-order valence-electron chi connectivity index (χ3n) is 4.89. The molecular formula is C21H21N5O2. The minimum atomic E-state index is -0.259. The number of carbonyl (C=O) groups excluding carboxylic acids is 2. The van der Waals surface area contributed by atoms with Crippen molar-refractivity contribution < 1.29 is 9.59 Å². The highest BCUT2D eigenvalue weighted by Gasteiger charge is 2.25. The second-order valence-corrected chi connectivity index (χ2v) is 6.77. The summed E-state index contributed by atoms with van der Waals surface area (Å²) in [6.07, 6.45) is 4.52. The highest BCUT2D eigenvalue weighted by molar-refractivity contribution is 5.94. The quantitative estimate of drug-likeness (QED) is 0.717. The zero-order valence-corrected chi connectivity index (χ0v) is 15.4. The van der Waals surface area contributed by atoms with Crippen LogP contribution in [0, 0.1) is 0 Å². The van der Waals surface area contributed by atoms with Gasteiger partial charge in [-0.3, -0.25) is 9.59 Å². The number of likely N-dealkylation sites (tertiary alicyclic amines) is 1. The number of nitrogens with one attached hydrogen (secondary N) is 1. The zero-order chi connectivity index (χ0) is 19.3. The largest absolute Gasteiger partial charge is 0.343 e. The highest BCUT2D eigenvalue weighted by atomic mass is 16.2. The summed E-state index contributed by atoms with van der Waals surface area (Å²) >= 11 is 0. The Morgan fingerprint density at radius 3 is 2.54 bits per heavy atom. The first-order valence-electron chi connectivity index (χ1n) is 9.29. The van der Waals surface area contributed by atoms with E-state index in [0.717, 1.165) is 24.2 Å². The van der Waals surface area contributed by atoms with E-state index in [2.05, 4.69) is 15.4 Å². The maximum Gasteiger partial charge on any atom is 0.251 e. The molecule has 1 aromatic heterocycles. The van der Waals surface area contributed by atoms with Gasteiger partial charge in [-0.15, -0.1) is 0 Å². The maximum absolute atomic E-state index is 12.8. The van der Waals surface area contributed by atoms with Crippen LogP contribution in [0.15, 0.2) is 67.3 Å². The number of amides is 2. The molecule has 1 N–H and O–H groups in total. The van der Waals surface area contributed by atoms with E-state index in [1.165, 1.54) is 6.33 Å². The van der Waals surface area contributed by atoms with Crippen LogP contribution in [-0.2, 0) is 4.79 Å². The van der Waals surface area contributed by atoms with Crippen molar-refractivity contribution in [1.29, 1.82) is 0 Å². The summed E-state index contributed by atoms with van der Waals surface area (Å²) in [6.45, 7) is 1.22. The molecule has 7 heteroatoms. The Hall–Kier alpha value is -3.48. The van der Waals surface area contributed by atoms with E-state index >= 15 is 0 Å². The van der Waals surface area contributed by atoms with E-state index in [-0.39, 0.29) is 17.9 Å². The predicted molar refractivity (Wildman–Crippen MR) is 104 cm³/mol. The van der Waals surface area contributed by atoms with Crippen LogP contribution in [0.1, 0.15) is 34.8 Å². The average Bonchev–Trinajstić information content (AvgIpc) is 3.41. The molecule has 1 fully saturated rings. The monoisotopic (exact) mass is 375 g/mol. The van der Waals surface area contributed by atoms with Crippen molar-refractivity contribution in [2.45, 2.75) is 18.9 Å². The highest BCUT2D eigenvalue weighted by Crippen LogP contribution is 2.19. The fraction of sp³-hybridized carbons (Fsp3) is 0.238. The summed E-state index contributed by atoms with van der Waals surface area (Å²) in [5.74, 6) is -0.0296. The molecule has 2 heterocycles. The van der Waals surface area contributed by atoms with Gasteiger partial charge in [0, 0.05) is 25.1 Å². The first-order chi connectivity index (χ1) is 13.7. The molecule has 4 rings (SSSR count). The average molecular weight is 375 g/mol. The zero-order valence-electron chi connectivity index (χ0n) is 15.4. The molecular weight excluding hydrogens is 354 g/mol. The van der Waals surface area contributed by atoms with E-state index in [1.807, 2.05) is 47.4 Å². The summed E-state index contributed by atoms with van der Waals surface area (Å²) in [5, 5.41) is 7.16. The Balaban J connectivity index is 1.50. The molecule has 0 radical (unpaired) electrons. The molecule has 0 bridgehead atoms. The van der Waals surface area contributed by atoms with Gasteiger partial charge in [0.25, 0.3) is 5.91 Å². The van der Waals surface area contributed by atoms with Crippen molar-refractivity contribution in [1.82, 2.24) is 25.0 Å². The molecule has 0 unspecified atom stereocenters. The molecule has 1 aliphatic heterocycles. The lowest BCUT2D eigenvalue weighted by Crippen LogP contribution is -2.38. The minimum Gasteiger partial charge on any atom is -0.343 e. The number of nitrogens with zero attached hydrogens (tertiary/aromatic N) is 4. The summed E-state index contributed by atoms with van der Waals surface area (Å²) in [4.78, 5) is 30.6. The Bertz CT molecular complexity index is 939. The van der Waals surface area contributed by atoms with Gasteiger partial charge in [0.1, 0.15) is 12.7 Å². The van der Waals surface area contributed by atoms with Crippen LogP contribution in [0.3, 0.4) is 0 Å². The SMILES string of the molecule is O=C(N[C@H](CN1CCCC1=O)c1ccccc1)c1ccc(-n2cncn2)cc1. The Morgan fingerprint density at radius 2 is 1.89 bits per heavy atom. The van der Waals surface area contributed by atoms with E-state index in [9.17, 15) is 9.59 Å². The number of hydrogen-bond donors (Lipinski definition) is 1. The third kappa shape index (κ3) is 3.93. The number of rotatable bonds is 6. The predicted octanol–water partition coefficient (Wildman–Crippen LogP) is 2.36. The molecule has 2 amide bonds. The van der Waals surface area contributed by atoms with Crippen molar-refractivity contribution in [3.63, 3.8) is 0 Å². The summed E-state index contributed by atoms with van der Waals surface area (Å²) in [6, 6.07) is 16.7. The molecule has 1 atom stereocenters. The van der Waals surface area contributed by atoms with Gasteiger partial charge in [-0.1, -0.05) is 30.3 Å². The van der Waals surface area contributed by atoms with E-state index in [1.54, 1.807) is 23.1 Å². The Labute approximate surface area is 163 Å². The molecule has 0 saturated carbocycles. The van der Waals surface area contributed by atoms with Crippen LogP contribution in [0.4, 0.5) is 0 Å². The molecule has 7 nitrogen and oxygen atoms in total. The van der Waals surface area contributed by atoms with Crippen molar-refractivity contribution in [2.24, 2.45) is 0 Å².